The molecule has 0 spiro atoms. The first-order valence-corrected chi connectivity index (χ1v) is 4.90. The first-order chi connectivity index (χ1) is 5.21. The van der Waals surface area contributed by atoms with E-state index in [-0.39, 0.29) is 5.41 Å². The fraction of sp³-hybridized carbons (Fsp3) is 0.300. The molecular weight excluding hydrogens is 247 g/mol. The fourth-order valence-electron chi connectivity index (χ4n) is 1.24. The van der Waals surface area contributed by atoms with Crippen LogP contribution in [-0.4, -0.2) is 0 Å². The van der Waals surface area contributed by atoms with E-state index in [4.69, 9.17) is 0 Å². The van der Waals surface area contributed by atoms with Crippen LogP contribution < -0.4 is 0 Å². The zero-order valence-corrected chi connectivity index (χ0v) is 8.47. The van der Waals surface area contributed by atoms with Crippen LogP contribution in [-0.2, 0) is 5.41 Å². The molecule has 0 N–H and O–H groups in total. The molecule has 0 atom stereocenters. The van der Waals surface area contributed by atoms with Crippen molar-refractivity contribution in [1.82, 2.24) is 0 Å². The Labute approximate surface area is 81.1 Å². The second kappa shape index (κ2) is 2.47. The predicted octanol–water partition coefficient (Wildman–Crippen LogP) is 3.16. The van der Waals surface area contributed by atoms with E-state index in [1.54, 1.807) is 0 Å². The third-order valence-corrected chi connectivity index (χ3v) is 3.03. The molecule has 57 valence electrons. The lowest BCUT2D eigenvalue weighted by Crippen LogP contribution is -1.98. The quantitative estimate of drug-likeness (QED) is 0.678. The summed E-state index contributed by atoms with van der Waals surface area (Å²) < 4.78 is 1.30. The number of rotatable bonds is 1. The minimum Gasteiger partial charge on any atom is -0.0574 e. The SMILES string of the molecule is [CH2]C1(c2ccc(I)cc2)CC1. The highest BCUT2D eigenvalue weighted by atomic mass is 127. The summed E-state index contributed by atoms with van der Waals surface area (Å²) in [6.07, 6.45) is 2.52. The van der Waals surface area contributed by atoms with Crippen LogP contribution in [0.3, 0.4) is 0 Å². The molecule has 1 fully saturated rings. The van der Waals surface area contributed by atoms with Gasteiger partial charge in [-0.3, -0.25) is 0 Å². The minimum absolute atomic E-state index is 0.282. The van der Waals surface area contributed by atoms with Crippen LogP contribution in [0.5, 0.6) is 0 Å². The van der Waals surface area contributed by atoms with E-state index in [0.29, 0.717) is 0 Å². The topological polar surface area (TPSA) is 0 Å². The Balaban J connectivity index is 2.33. The highest BCUT2D eigenvalue weighted by Gasteiger charge is 2.38. The number of hydrogen-bond acceptors (Lipinski definition) is 0. The lowest BCUT2D eigenvalue weighted by molar-refractivity contribution is 0.886. The number of benzene rings is 1. The Morgan fingerprint density at radius 3 is 2.18 bits per heavy atom. The Kier molecular flexibility index (Phi) is 1.71. The molecule has 0 amide bonds. The summed E-state index contributed by atoms with van der Waals surface area (Å²) in [5, 5.41) is 0. The largest absolute Gasteiger partial charge is 0.0574 e. The van der Waals surface area contributed by atoms with Gasteiger partial charge >= 0.3 is 0 Å². The standard InChI is InChI=1S/C10H10I/c1-10(6-7-10)8-2-4-9(11)5-3-8/h2-5H,1,6-7H2. The molecule has 1 aliphatic carbocycles. The van der Waals surface area contributed by atoms with Crippen molar-refractivity contribution in [3.05, 3.63) is 40.3 Å². The monoisotopic (exact) mass is 257 g/mol. The highest BCUT2D eigenvalue weighted by molar-refractivity contribution is 14.1. The van der Waals surface area contributed by atoms with E-state index in [1.165, 1.54) is 22.0 Å². The van der Waals surface area contributed by atoms with Gasteiger partial charge in [-0.05, 0) is 65.5 Å². The summed E-state index contributed by atoms with van der Waals surface area (Å²) in [5.41, 5.74) is 1.68. The zero-order chi connectivity index (χ0) is 7.90. The van der Waals surface area contributed by atoms with Crippen LogP contribution >= 0.6 is 22.6 Å². The fourth-order valence-corrected chi connectivity index (χ4v) is 1.60. The van der Waals surface area contributed by atoms with Crippen molar-refractivity contribution < 1.29 is 0 Å². The molecular formula is C10H10I. The van der Waals surface area contributed by atoms with Gasteiger partial charge in [-0.15, -0.1) is 0 Å². The molecule has 0 aromatic heterocycles. The van der Waals surface area contributed by atoms with Gasteiger partial charge in [-0.25, -0.2) is 0 Å². The summed E-state index contributed by atoms with van der Waals surface area (Å²) in [5.74, 6) is 0. The van der Waals surface area contributed by atoms with Crippen molar-refractivity contribution in [3.8, 4) is 0 Å². The lowest BCUT2D eigenvalue weighted by atomic mass is 9.99. The maximum Gasteiger partial charge on any atom is 0.0130 e. The van der Waals surface area contributed by atoms with E-state index < -0.39 is 0 Å². The smallest absolute Gasteiger partial charge is 0.0130 e. The average molecular weight is 257 g/mol. The molecule has 1 heteroatoms. The average Bonchev–Trinajstić information content (AvgIpc) is 2.70. The Hall–Kier alpha value is -0.0500. The van der Waals surface area contributed by atoms with E-state index in [1.807, 2.05) is 0 Å². The molecule has 1 aromatic carbocycles. The van der Waals surface area contributed by atoms with Crippen LogP contribution in [0.4, 0.5) is 0 Å². The second-order valence-corrected chi connectivity index (χ2v) is 4.53. The van der Waals surface area contributed by atoms with E-state index in [0.717, 1.165) is 0 Å². The van der Waals surface area contributed by atoms with Gasteiger partial charge in [0.2, 0.25) is 0 Å². The summed E-state index contributed by atoms with van der Waals surface area (Å²) in [6, 6.07) is 8.70. The molecule has 0 unspecified atom stereocenters. The summed E-state index contributed by atoms with van der Waals surface area (Å²) >= 11 is 2.32. The first-order valence-electron chi connectivity index (χ1n) is 3.82. The number of hydrogen-bond donors (Lipinski definition) is 0. The third kappa shape index (κ3) is 1.43. The molecule has 1 saturated carbocycles. The van der Waals surface area contributed by atoms with E-state index in [9.17, 15) is 0 Å². The van der Waals surface area contributed by atoms with Crippen molar-refractivity contribution in [2.24, 2.45) is 0 Å². The highest BCUT2D eigenvalue weighted by Crippen LogP contribution is 2.46. The predicted molar refractivity (Wildman–Crippen MR) is 55.4 cm³/mol. The molecule has 1 aromatic rings. The molecule has 1 radical (unpaired) electrons. The summed E-state index contributed by atoms with van der Waals surface area (Å²) in [4.78, 5) is 0. The summed E-state index contributed by atoms with van der Waals surface area (Å²) in [6.45, 7) is 4.18. The van der Waals surface area contributed by atoms with Gasteiger partial charge in [0.25, 0.3) is 0 Å². The van der Waals surface area contributed by atoms with Crippen molar-refractivity contribution in [1.29, 1.82) is 0 Å². The molecule has 1 aliphatic rings. The van der Waals surface area contributed by atoms with Gasteiger partial charge in [0, 0.05) is 3.57 Å². The van der Waals surface area contributed by atoms with E-state index >= 15 is 0 Å². The lowest BCUT2D eigenvalue weighted by Gasteiger charge is -2.07. The van der Waals surface area contributed by atoms with Gasteiger partial charge in [-0.2, -0.15) is 0 Å². The Morgan fingerprint density at radius 1 is 1.18 bits per heavy atom. The molecule has 11 heavy (non-hydrogen) atoms. The third-order valence-electron chi connectivity index (χ3n) is 2.31. The van der Waals surface area contributed by atoms with Crippen LogP contribution in [0.2, 0.25) is 0 Å². The Bertz CT molecular complexity index is 257. The van der Waals surface area contributed by atoms with Gasteiger partial charge in [0.1, 0.15) is 0 Å². The van der Waals surface area contributed by atoms with Crippen molar-refractivity contribution in [3.63, 3.8) is 0 Å². The normalized spacial score (nSPS) is 19.8. The summed E-state index contributed by atoms with van der Waals surface area (Å²) in [7, 11) is 0. The molecule has 0 bridgehead atoms. The molecule has 0 saturated heterocycles. The molecule has 0 aliphatic heterocycles. The molecule has 2 rings (SSSR count). The van der Waals surface area contributed by atoms with Crippen molar-refractivity contribution in [2.75, 3.05) is 0 Å². The molecule has 0 nitrogen and oxygen atoms in total. The van der Waals surface area contributed by atoms with Crippen LogP contribution in [0.15, 0.2) is 24.3 Å². The minimum atomic E-state index is 0.282. The van der Waals surface area contributed by atoms with Crippen molar-refractivity contribution in [2.45, 2.75) is 18.3 Å². The van der Waals surface area contributed by atoms with Crippen LogP contribution in [0, 0.1) is 10.5 Å². The van der Waals surface area contributed by atoms with Gasteiger partial charge in [0.15, 0.2) is 0 Å². The van der Waals surface area contributed by atoms with Crippen LogP contribution in [0.25, 0.3) is 0 Å². The van der Waals surface area contributed by atoms with Gasteiger partial charge in [-0.1, -0.05) is 12.1 Å². The molecule has 0 heterocycles. The Morgan fingerprint density at radius 2 is 1.73 bits per heavy atom. The zero-order valence-electron chi connectivity index (χ0n) is 6.31. The second-order valence-electron chi connectivity index (χ2n) is 3.29. The first kappa shape index (κ1) is 7.59. The number of halogens is 1. The van der Waals surface area contributed by atoms with Crippen molar-refractivity contribution >= 4 is 22.6 Å². The maximum atomic E-state index is 4.18. The van der Waals surface area contributed by atoms with Crippen LogP contribution in [0.1, 0.15) is 18.4 Å². The van der Waals surface area contributed by atoms with Gasteiger partial charge in [0.05, 0.1) is 0 Å². The van der Waals surface area contributed by atoms with E-state index in [2.05, 4.69) is 53.8 Å². The maximum absolute atomic E-state index is 4.18. The van der Waals surface area contributed by atoms with Gasteiger partial charge < -0.3 is 0 Å².